The van der Waals surface area contributed by atoms with Crippen LogP contribution in [0.3, 0.4) is 0 Å². The van der Waals surface area contributed by atoms with Crippen LogP contribution in [0, 0.1) is 5.82 Å². The first-order valence-electron chi connectivity index (χ1n) is 7.99. The number of methoxy groups -OCH3 is 1. The lowest BCUT2D eigenvalue weighted by atomic mass is 10.1. The number of hydrogen-bond donors (Lipinski definition) is 2. The second-order valence-electron chi connectivity index (χ2n) is 5.51. The van der Waals surface area contributed by atoms with Crippen molar-refractivity contribution in [3.05, 3.63) is 71.5 Å². The van der Waals surface area contributed by atoms with E-state index in [2.05, 4.69) is 10.6 Å². The van der Waals surface area contributed by atoms with Crippen LogP contribution in [0.4, 0.5) is 9.18 Å². The maximum atomic E-state index is 13.5. The van der Waals surface area contributed by atoms with Crippen molar-refractivity contribution in [2.75, 3.05) is 13.7 Å². The summed E-state index contributed by atoms with van der Waals surface area (Å²) in [6, 6.07) is 14.4. The Morgan fingerprint density at radius 3 is 2.44 bits per heavy atom. The molecular formula is C19H21FN2O3. The van der Waals surface area contributed by atoms with Crippen LogP contribution in [0.5, 0.6) is 0 Å². The molecule has 0 spiro atoms. The molecule has 0 unspecified atom stereocenters. The molecule has 0 saturated heterocycles. The van der Waals surface area contributed by atoms with Crippen LogP contribution >= 0.6 is 0 Å². The molecule has 132 valence electrons. The molecule has 2 N–H and O–H groups in total. The highest BCUT2D eigenvalue weighted by molar-refractivity contribution is 5.83. The van der Waals surface area contributed by atoms with E-state index >= 15 is 0 Å². The molecule has 2 rings (SSSR count). The fourth-order valence-corrected chi connectivity index (χ4v) is 2.41. The average molecular weight is 344 g/mol. The van der Waals surface area contributed by atoms with E-state index < -0.39 is 18.0 Å². The second-order valence-corrected chi connectivity index (χ2v) is 5.51. The summed E-state index contributed by atoms with van der Waals surface area (Å²) in [4.78, 5) is 23.9. The van der Waals surface area contributed by atoms with Gasteiger partial charge in [-0.3, -0.25) is 0 Å². The Kier molecular flexibility index (Phi) is 6.95. The van der Waals surface area contributed by atoms with E-state index in [0.29, 0.717) is 18.4 Å². The van der Waals surface area contributed by atoms with Crippen molar-refractivity contribution in [1.82, 2.24) is 10.6 Å². The molecule has 0 bridgehead atoms. The maximum Gasteiger partial charge on any atom is 0.328 e. The van der Waals surface area contributed by atoms with Crippen LogP contribution in [-0.4, -0.2) is 31.7 Å². The van der Waals surface area contributed by atoms with Crippen molar-refractivity contribution in [2.45, 2.75) is 18.9 Å². The normalized spacial score (nSPS) is 11.4. The van der Waals surface area contributed by atoms with Crippen LogP contribution in [0.25, 0.3) is 0 Å². The summed E-state index contributed by atoms with van der Waals surface area (Å²) in [6.45, 7) is 0.256. The van der Waals surface area contributed by atoms with Gasteiger partial charge >= 0.3 is 12.0 Å². The van der Waals surface area contributed by atoms with Crippen molar-refractivity contribution in [3.8, 4) is 0 Å². The summed E-state index contributed by atoms with van der Waals surface area (Å²) in [5, 5.41) is 5.23. The van der Waals surface area contributed by atoms with Gasteiger partial charge in [-0.15, -0.1) is 0 Å². The second kappa shape index (κ2) is 9.42. The van der Waals surface area contributed by atoms with Gasteiger partial charge in [-0.05, 0) is 23.6 Å². The van der Waals surface area contributed by atoms with Gasteiger partial charge in [-0.25, -0.2) is 14.0 Å². The van der Waals surface area contributed by atoms with Gasteiger partial charge in [-0.2, -0.15) is 0 Å². The van der Waals surface area contributed by atoms with E-state index in [9.17, 15) is 14.0 Å². The third-order valence-corrected chi connectivity index (χ3v) is 3.71. The molecular weight excluding hydrogens is 323 g/mol. The molecule has 2 aromatic carbocycles. The number of urea groups is 1. The van der Waals surface area contributed by atoms with Crippen LogP contribution in [0.15, 0.2) is 54.6 Å². The average Bonchev–Trinajstić information content (AvgIpc) is 2.63. The van der Waals surface area contributed by atoms with Crippen LogP contribution in [-0.2, 0) is 22.4 Å². The largest absolute Gasteiger partial charge is 0.467 e. The predicted molar refractivity (Wildman–Crippen MR) is 92.6 cm³/mol. The van der Waals surface area contributed by atoms with E-state index in [0.717, 1.165) is 5.56 Å². The molecule has 0 aliphatic rings. The van der Waals surface area contributed by atoms with Crippen molar-refractivity contribution >= 4 is 12.0 Å². The number of esters is 1. The van der Waals surface area contributed by atoms with E-state index in [1.807, 2.05) is 30.3 Å². The van der Waals surface area contributed by atoms with Crippen LogP contribution in [0.1, 0.15) is 11.1 Å². The topological polar surface area (TPSA) is 67.4 Å². The monoisotopic (exact) mass is 344 g/mol. The summed E-state index contributed by atoms with van der Waals surface area (Å²) in [6.07, 6.45) is 0.690. The lowest BCUT2D eigenvalue weighted by molar-refractivity contribution is -0.142. The summed E-state index contributed by atoms with van der Waals surface area (Å²) >= 11 is 0. The van der Waals surface area contributed by atoms with Crippen molar-refractivity contribution < 1.29 is 18.7 Å². The van der Waals surface area contributed by atoms with Gasteiger partial charge in [0.05, 0.1) is 7.11 Å². The zero-order chi connectivity index (χ0) is 18.1. The predicted octanol–water partition coefficient (Wildman–Crippen LogP) is 2.45. The quantitative estimate of drug-likeness (QED) is 0.758. The summed E-state index contributed by atoms with van der Waals surface area (Å²) in [5.41, 5.74) is 1.43. The molecule has 0 heterocycles. The molecule has 2 aromatic rings. The first-order valence-corrected chi connectivity index (χ1v) is 7.99. The molecule has 5 nitrogen and oxygen atoms in total. The van der Waals surface area contributed by atoms with Gasteiger partial charge < -0.3 is 15.4 Å². The molecule has 0 radical (unpaired) electrons. The zero-order valence-corrected chi connectivity index (χ0v) is 14.0. The van der Waals surface area contributed by atoms with Gasteiger partial charge in [0.25, 0.3) is 0 Å². The van der Waals surface area contributed by atoms with E-state index in [1.54, 1.807) is 18.2 Å². The Morgan fingerprint density at radius 2 is 1.76 bits per heavy atom. The standard InChI is InChI=1S/C19H21FN2O3/c1-25-18(23)17(13-14-7-3-2-4-8-14)22-19(24)21-12-11-15-9-5-6-10-16(15)20/h2-10,17H,11-13H2,1H3,(H2,21,22,24)/t17-/m0/s1. The summed E-state index contributed by atoms with van der Waals surface area (Å²) < 4.78 is 18.3. The fourth-order valence-electron chi connectivity index (χ4n) is 2.41. The van der Waals surface area contributed by atoms with Gasteiger partial charge in [0.15, 0.2) is 0 Å². The Bertz CT molecular complexity index is 707. The number of rotatable bonds is 7. The first-order chi connectivity index (χ1) is 12.1. The van der Waals surface area contributed by atoms with E-state index in [-0.39, 0.29) is 12.4 Å². The van der Waals surface area contributed by atoms with Crippen molar-refractivity contribution in [3.63, 3.8) is 0 Å². The SMILES string of the molecule is COC(=O)[C@H](Cc1ccccc1)NC(=O)NCCc1ccccc1F. The van der Waals surface area contributed by atoms with Gasteiger partial charge in [0.1, 0.15) is 11.9 Å². The number of amides is 2. The molecule has 0 fully saturated rings. The minimum Gasteiger partial charge on any atom is -0.467 e. The highest BCUT2D eigenvalue weighted by Gasteiger charge is 2.21. The Morgan fingerprint density at radius 1 is 1.08 bits per heavy atom. The smallest absolute Gasteiger partial charge is 0.328 e. The number of ether oxygens (including phenoxy) is 1. The number of nitrogens with one attached hydrogen (secondary N) is 2. The molecule has 0 aromatic heterocycles. The third-order valence-electron chi connectivity index (χ3n) is 3.71. The van der Waals surface area contributed by atoms with E-state index in [1.165, 1.54) is 13.2 Å². The number of carbonyl (C=O) groups excluding carboxylic acids is 2. The molecule has 1 atom stereocenters. The molecule has 2 amide bonds. The number of hydrogen-bond acceptors (Lipinski definition) is 3. The summed E-state index contributed by atoms with van der Waals surface area (Å²) in [5.74, 6) is -0.825. The highest BCUT2D eigenvalue weighted by Crippen LogP contribution is 2.07. The lowest BCUT2D eigenvalue weighted by Crippen LogP contribution is -2.48. The minimum atomic E-state index is -0.791. The lowest BCUT2D eigenvalue weighted by Gasteiger charge is -2.17. The van der Waals surface area contributed by atoms with E-state index in [4.69, 9.17) is 4.74 Å². The Balaban J connectivity index is 1.86. The third kappa shape index (κ3) is 5.91. The summed E-state index contributed by atoms with van der Waals surface area (Å²) in [7, 11) is 1.28. The van der Waals surface area contributed by atoms with Crippen LogP contribution < -0.4 is 10.6 Å². The number of halogens is 1. The Labute approximate surface area is 146 Å². The zero-order valence-electron chi connectivity index (χ0n) is 14.0. The molecule has 6 heteroatoms. The maximum absolute atomic E-state index is 13.5. The highest BCUT2D eigenvalue weighted by atomic mass is 19.1. The number of carbonyl (C=O) groups is 2. The minimum absolute atomic E-state index is 0.256. The van der Waals surface area contributed by atoms with Gasteiger partial charge in [0.2, 0.25) is 0 Å². The van der Waals surface area contributed by atoms with Crippen molar-refractivity contribution in [2.24, 2.45) is 0 Å². The first kappa shape index (κ1) is 18.4. The molecule has 25 heavy (non-hydrogen) atoms. The fraction of sp³-hybridized carbons (Fsp3) is 0.263. The van der Waals surface area contributed by atoms with Crippen molar-refractivity contribution in [1.29, 1.82) is 0 Å². The Hall–Kier alpha value is -2.89. The molecule has 0 saturated carbocycles. The molecule has 0 aliphatic heterocycles. The van der Waals surface area contributed by atoms with Crippen LogP contribution in [0.2, 0.25) is 0 Å². The van der Waals surface area contributed by atoms with Gasteiger partial charge in [-0.1, -0.05) is 48.5 Å². The number of benzene rings is 2. The van der Waals surface area contributed by atoms with Gasteiger partial charge in [0, 0.05) is 13.0 Å². The molecule has 0 aliphatic carbocycles.